The molecule has 0 aromatic heterocycles. The van der Waals surface area contributed by atoms with Crippen LogP contribution in [0.25, 0.3) is 0 Å². The molecular formula is C14H27NO2. The van der Waals surface area contributed by atoms with Crippen LogP contribution < -0.4 is 0 Å². The van der Waals surface area contributed by atoms with Gasteiger partial charge in [-0.25, -0.2) is 0 Å². The second-order valence-corrected chi connectivity index (χ2v) is 4.95. The van der Waals surface area contributed by atoms with Gasteiger partial charge in [-0.1, -0.05) is 20.3 Å². The third kappa shape index (κ3) is 4.66. The lowest BCUT2D eigenvalue weighted by Gasteiger charge is -2.35. The van der Waals surface area contributed by atoms with Crippen molar-refractivity contribution >= 4 is 5.97 Å². The summed E-state index contributed by atoms with van der Waals surface area (Å²) < 4.78 is 5.03. The fourth-order valence-electron chi connectivity index (χ4n) is 2.79. The lowest BCUT2D eigenvalue weighted by Crippen LogP contribution is -2.41. The number of likely N-dealkylation sites (N-methyl/N-ethyl adjacent to an activating group) is 1. The maximum absolute atomic E-state index is 11.5. The van der Waals surface area contributed by atoms with E-state index in [0.29, 0.717) is 19.2 Å². The van der Waals surface area contributed by atoms with Gasteiger partial charge in [0.05, 0.1) is 13.2 Å². The van der Waals surface area contributed by atoms with Gasteiger partial charge in [-0.05, 0) is 45.1 Å². The van der Waals surface area contributed by atoms with Crippen LogP contribution in [0, 0.1) is 5.92 Å². The van der Waals surface area contributed by atoms with Crippen LogP contribution in [0.1, 0.15) is 52.9 Å². The number of hydrogen-bond acceptors (Lipinski definition) is 3. The number of carbonyl (C=O) groups is 1. The van der Waals surface area contributed by atoms with Crippen molar-refractivity contribution in [3.8, 4) is 0 Å². The van der Waals surface area contributed by atoms with Crippen LogP contribution in [-0.2, 0) is 9.53 Å². The summed E-state index contributed by atoms with van der Waals surface area (Å²) in [5.41, 5.74) is 0. The Morgan fingerprint density at radius 1 is 1.18 bits per heavy atom. The van der Waals surface area contributed by atoms with Crippen LogP contribution in [0.3, 0.4) is 0 Å². The number of hydrogen-bond donors (Lipinski definition) is 0. The molecule has 1 aliphatic carbocycles. The van der Waals surface area contributed by atoms with Crippen LogP contribution in [0.5, 0.6) is 0 Å². The molecule has 0 N–H and O–H groups in total. The van der Waals surface area contributed by atoms with E-state index >= 15 is 0 Å². The van der Waals surface area contributed by atoms with Crippen molar-refractivity contribution in [2.24, 2.45) is 5.92 Å². The Morgan fingerprint density at radius 2 is 1.82 bits per heavy atom. The Bertz CT molecular complexity index is 222. The molecule has 3 heteroatoms. The molecular weight excluding hydrogens is 214 g/mol. The minimum absolute atomic E-state index is 0.0769. The first-order chi connectivity index (χ1) is 8.21. The number of ether oxygens (including phenoxy) is 1. The molecule has 0 saturated heterocycles. The molecule has 1 rings (SSSR count). The molecule has 0 amide bonds. The highest BCUT2D eigenvalue weighted by Crippen LogP contribution is 2.29. The van der Waals surface area contributed by atoms with Gasteiger partial charge in [0, 0.05) is 6.04 Å². The topological polar surface area (TPSA) is 29.5 Å². The van der Waals surface area contributed by atoms with Gasteiger partial charge >= 0.3 is 5.97 Å². The summed E-state index contributed by atoms with van der Waals surface area (Å²) >= 11 is 0. The van der Waals surface area contributed by atoms with Crippen molar-refractivity contribution in [2.75, 3.05) is 19.7 Å². The first-order valence-corrected chi connectivity index (χ1v) is 7.10. The highest BCUT2D eigenvalue weighted by atomic mass is 16.5. The minimum atomic E-state index is -0.0769. The summed E-state index contributed by atoms with van der Waals surface area (Å²) in [6, 6.07) is 0.590. The van der Waals surface area contributed by atoms with Crippen molar-refractivity contribution < 1.29 is 9.53 Å². The highest BCUT2D eigenvalue weighted by Gasteiger charge is 2.25. The van der Waals surface area contributed by atoms with Crippen LogP contribution in [0.2, 0.25) is 0 Å². The van der Waals surface area contributed by atoms with Crippen molar-refractivity contribution in [2.45, 2.75) is 58.9 Å². The maximum Gasteiger partial charge on any atom is 0.320 e. The SMILES string of the molecule is CCOC(=O)CN(CC)C1CCC(CC)CC1. The predicted octanol–water partition coefficient (Wildman–Crippen LogP) is 2.84. The fourth-order valence-corrected chi connectivity index (χ4v) is 2.79. The Labute approximate surface area is 106 Å². The van der Waals surface area contributed by atoms with E-state index in [4.69, 9.17) is 4.74 Å². The predicted molar refractivity (Wildman–Crippen MR) is 69.9 cm³/mol. The summed E-state index contributed by atoms with van der Waals surface area (Å²) in [5, 5.41) is 0. The van der Waals surface area contributed by atoms with E-state index < -0.39 is 0 Å². The molecule has 0 aliphatic heterocycles. The maximum atomic E-state index is 11.5. The van der Waals surface area contributed by atoms with Gasteiger partial charge in [-0.15, -0.1) is 0 Å². The van der Waals surface area contributed by atoms with E-state index in [1.54, 1.807) is 0 Å². The summed E-state index contributed by atoms with van der Waals surface area (Å²) in [6.07, 6.45) is 6.43. The van der Waals surface area contributed by atoms with E-state index in [-0.39, 0.29) is 5.97 Å². The lowest BCUT2D eigenvalue weighted by molar-refractivity contribution is -0.145. The minimum Gasteiger partial charge on any atom is -0.465 e. The van der Waals surface area contributed by atoms with Crippen LogP contribution in [-0.4, -0.2) is 36.6 Å². The van der Waals surface area contributed by atoms with E-state index in [1.807, 2.05) is 6.92 Å². The standard InChI is InChI=1S/C14H27NO2/c1-4-12-7-9-13(10-8-12)15(5-2)11-14(16)17-6-3/h12-13H,4-11H2,1-3H3. The number of nitrogens with zero attached hydrogens (tertiary/aromatic N) is 1. The average molecular weight is 241 g/mol. The summed E-state index contributed by atoms with van der Waals surface area (Å²) in [7, 11) is 0. The molecule has 0 aromatic carbocycles. The molecule has 0 heterocycles. The molecule has 0 bridgehead atoms. The third-order valence-corrected chi connectivity index (χ3v) is 3.95. The molecule has 100 valence electrons. The van der Waals surface area contributed by atoms with Crippen LogP contribution in [0.4, 0.5) is 0 Å². The van der Waals surface area contributed by atoms with Crippen molar-refractivity contribution in [1.29, 1.82) is 0 Å². The Kier molecular flexibility index (Phi) is 6.56. The molecule has 17 heavy (non-hydrogen) atoms. The molecule has 0 aromatic rings. The monoisotopic (exact) mass is 241 g/mol. The van der Waals surface area contributed by atoms with Crippen molar-refractivity contribution in [3.63, 3.8) is 0 Å². The normalized spacial score (nSPS) is 24.9. The summed E-state index contributed by atoms with van der Waals surface area (Å²) in [6.45, 7) is 8.16. The Balaban J connectivity index is 2.38. The summed E-state index contributed by atoms with van der Waals surface area (Å²) in [4.78, 5) is 13.8. The van der Waals surface area contributed by atoms with E-state index in [1.165, 1.54) is 32.1 Å². The van der Waals surface area contributed by atoms with Gasteiger partial charge in [-0.2, -0.15) is 0 Å². The zero-order valence-electron chi connectivity index (χ0n) is 11.6. The van der Waals surface area contributed by atoms with Crippen molar-refractivity contribution in [3.05, 3.63) is 0 Å². The van der Waals surface area contributed by atoms with Gasteiger partial charge in [0.25, 0.3) is 0 Å². The van der Waals surface area contributed by atoms with E-state index in [2.05, 4.69) is 18.7 Å². The molecule has 1 saturated carbocycles. The van der Waals surface area contributed by atoms with Gasteiger partial charge < -0.3 is 4.74 Å². The first kappa shape index (κ1) is 14.5. The second kappa shape index (κ2) is 7.70. The van der Waals surface area contributed by atoms with E-state index in [9.17, 15) is 4.79 Å². The molecule has 3 nitrogen and oxygen atoms in total. The van der Waals surface area contributed by atoms with Gasteiger partial charge in [-0.3, -0.25) is 9.69 Å². The van der Waals surface area contributed by atoms with Gasteiger partial charge in [0.15, 0.2) is 0 Å². The largest absolute Gasteiger partial charge is 0.465 e. The summed E-state index contributed by atoms with van der Waals surface area (Å²) in [5.74, 6) is 0.833. The third-order valence-electron chi connectivity index (χ3n) is 3.95. The van der Waals surface area contributed by atoms with Gasteiger partial charge in [0.1, 0.15) is 0 Å². The first-order valence-electron chi connectivity index (χ1n) is 7.10. The quantitative estimate of drug-likeness (QED) is 0.670. The molecule has 0 radical (unpaired) electrons. The van der Waals surface area contributed by atoms with Crippen LogP contribution in [0.15, 0.2) is 0 Å². The molecule has 0 spiro atoms. The van der Waals surface area contributed by atoms with Gasteiger partial charge in [0.2, 0.25) is 0 Å². The highest BCUT2D eigenvalue weighted by molar-refractivity contribution is 5.71. The Morgan fingerprint density at radius 3 is 2.29 bits per heavy atom. The number of esters is 1. The molecule has 1 aliphatic rings. The zero-order valence-corrected chi connectivity index (χ0v) is 11.6. The zero-order chi connectivity index (χ0) is 12.7. The van der Waals surface area contributed by atoms with Crippen LogP contribution >= 0.6 is 0 Å². The molecule has 1 fully saturated rings. The van der Waals surface area contributed by atoms with Crippen molar-refractivity contribution in [1.82, 2.24) is 4.90 Å². The molecule has 0 atom stereocenters. The molecule has 0 unspecified atom stereocenters. The smallest absolute Gasteiger partial charge is 0.320 e. The lowest BCUT2D eigenvalue weighted by atomic mass is 9.84. The fraction of sp³-hybridized carbons (Fsp3) is 0.929. The number of rotatable bonds is 6. The average Bonchev–Trinajstić information content (AvgIpc) is 2.36. The van der Waals surface area contributed by atoms with E-state index in [0.717, 1.165) is 12.5 Å². The second-order valence-electron chi connectivity index (χ2n) is 4.95. The Hall–Kier alpha value is -0.570. The number of carbonyl (C=O) groups excluding carboxylic acids is 1.